The van der Waals surface area contributed by atoms with Gasteiger partial charge in [0.05, 0.1) is 383 Å². The summed E-state index contributed by atoms with van der Waals surface area (Å²) in [5.41, 5.74) is 16.1. The molecule has 0 aromatic rings. The predicted molar refractivity (Wildman–Crippen MR) is 392 cm³/mol. The zero-order valence-corrected chi connectivity index (χ0v) is 65.5. The van der Waals surface area contributed by atoms with E-state index < -0.39 is 11.7 Å². The highest BCUT2D eigenvalue weighted by atomic mass is 16.6. The molecule has 0 aromatic heterocycles. The lowest BCUT2D eigenvalue weighted by molar-refractivity contribution is -0.0319. The van der Waals surface area contributed by atoms with Gasteiger partial charge in [0.25, 0.3) is 0 Å². The first-order chi connectivity index (χ1) is 53.4. The van der Waals surface area contributed by atoms with E-state index in [0.717, 1.165) is 0 Å². The Morgan fingerprint density at radius 1 is 0.241 bits per heavy atom. The first kappa shape index (κ1) is 105. The second kappa shape index (κ2) is 94.3. The molecule has 0 fully saturated rings. The van der Waals surface area contributed by atoms with Gasteiger partial charge in [-0.25, -0.2) is 4.79 Å². The van der Waals surface area contributed by atoms with Gasteiger partial charge >= 0.3 is 6.09 Å². The van der Waals surface area contributed by atoms with Crippen molar-refractivity contribution >= 4 is 6.09 Å². The molecule has 0 aliphatic heterocycles. The lowest BCUT2D eigenvalue weighted by Crippen LogP contribution is -2.34. The van der Waals surface area contributed by atoms with Gasteiger partial charge in [-0.2, -0.15) is 0 Å². The van der Waals surface area contributed by atoms with Crippen LogP contribution in [0.3, 0.4) is 0 Å². The highest BCUT2D eigenvalue weighted by Gasteiger charge is 2.15. The first-order valence-electron chi connectivity index (χ1n) is 37.8. The summed E-state index contributed by atoms with van der Waals surface area (Å²) in [5.74, 6) is 0. The van der Waals surface area contributed by atoms with Crippen molar-refractivity contribution in [3.8, 4) is 0 Å². The predicted octanol–water partition coefficient (Wildman–Crippen LogP) is 2.92. The lowest BCUT2D eigenvalue weighted by atomic mass is 10.2. The molecule has 0 saturated carbocycles. The Kier molecular flexibility index (Phi) is 91.4. The van der Waals surface area contributed by atoms with Gasteiger partial charge in [-0.3, -0.25) is 4.90 Å². The fourth-order valence-electron chi connectivity index (χ4n) is 7.78. The smallest absolute Gasteiger partial charge is 0.407 e. The van der Waals surface area contributed by atoms with Gasteiger partial charge in [-0.15, -0.1) is 0 Å². The molecule has 0 bridgehead atoms. The van der Waals surface area contributed by atoms with Crippen LogP contribution in [0.2, 0.25) is 0 Å². The van der Waals surface area contributed by atoms with E-state index in [-0.39, 0.29) is 0 Å². The van der Waals surface area contributed by atoms with E-state index in [1.807, 2.05) is 20.8 Å². The summed E-state index contributed by atoms with van der Waals surface area (Å²) in [5, 5.41) is 9.47. The van der Waals surface area contributed by atoms with Crippen molar-refractivity contribution in [3.05, 3.63) is 20.9 Å². The molecule has 108 heavy (non-hydrogen) atoms. The molecule has 0 aliphatic carbocycles. The molecule has 39 nitrogen and oxygen atoms in total. The molecule has 0 spiro atoms. The topological polar surface area (TPSA) is 407 Å². The third-order valence-electron chi connectivity index (χ3n) is 13.0. The number of ether oxygens (including phenoxy) is 30. The zero-order valence-electron chi connectivity index (χ0n) is 65.5. The second-order valence-electron chi connectivity index (χ2n) is 22.9. The van der Waals surface area contributed by atoms with Gasteiger partial charge in [0.15, 0.2) is 0 Å². The van der Waals surface area contributed by atoms with Crippen LogP contribution < -0.4 is 5.32 Å². The summed E-state index contributed by atoms with van der Waals surface area (Å²) >= 11 is 0. The number of rotatable bonds is 96. The van der Waals surface area contributed by atoms with Gasteiger partial charge < -0.3 is 147 Å². The third-order valence-corrected chi connectivity index (χ3v) is 13.0. The minimum absolute atomic E-state index is 0.297. The van der Waals surface area contributed by atoms with E-state index in [2.05, 4.69) is 30.3 Å². The molecule has 0 radical (unpaired) electrons. The fraction of sp³-hybridized carbons (Fsp3) is 0.986. The number of nitrogens with zero attached hydrogens (tertiary/aromatic N) is 7. The van der Waals surface area contributed by atoms with Crippen LogP contribution >= 0.6 is 0 Å². The molecular formula is C69H138N8O31. The Balaban J connectivity index is 3.34. The number of carbonyl (C=O) groups is 1. The molecule has 0 unspecified atom stereocenters. The number of azide groups is 2. The Bertz CT molecular complexity index is 1820. The first-order valence-corrected chi connectivity index (χ1v) is 37.8. The average Bonchev–Trinajstić information content (AvgIpc) is 0.968. The summed E-state index contributed by atoms with van der Waals surface area (Å²) in [6, 6.07) is 0. The maximum Gasteiger partial charge on any atom is 0.407 e. The summed E-state index contributed by atoms with van der Waals surface area (Å²) in [6.45, 7) is 35.2. The Labute approximate surface area is 641 Å². The van der Waals surface area contributed by atoms with Crippen LogP contribution in [0.15, 0.2) is 10.2 Å². The molecule has 640 valence electrons. The molecule has 1 amide bonds. The minimum atomic E-state index is -0.525. The lowest BCUT2D eigenvalue weighted by Gasteiger charge is -2.22. The van der Waals surface area contributed by atoms with E-state index in [9.17, 15) is 4.79 Å². The molecule has 0 saturated heterocycles. The summed E-state index contributed by atoms with van der Waals surface area (Å²) in [6.07, 6.45) is -0.461. The van der Waals surface area contributed by atoms with Crippen LogP contribution in [-0.2, 0) is 142 Å². The van der Waals surface area contributed by atoms with Crippen LogP contribution in [0.25, 0.3) is 20.9 Å². The summed E-state index contributed by atoms with van der Waals surface area (Å²) < 4.78 is 166. The van der Waals surface area contributed by atoms with Crippen molar-refractivity contribution < 1.29 is 147 Å². The second-order valence-corrected chi connectivity index (χ2v) is 22.9. The number of amides is 1. The number of hydrogen-bond donors (Lipinski definition) is 1. The van der Waals surface area contributed by atoms with Crippen molar-refractivity contribution in [2.45, 2.75) is 26.4 Å². The minimum Gasteiger partial charge on any atom is -0.444 e. The maximum absolute atomic E-state index is 11.6. The van der Waals surface area contributed by atoms with Crippen molar-refractivity contribution in [1.82, 2.24) is 10.2 Å². The van der Waals surface area contributed by atoms with Gasteiger partial charge in [-0.1, -0.05) is 10.2 Å². The van der Waals surface area contributed by atoms with E-state index in [0.29, 0.717) is 422 Å². The standard InChI is InChI=1S/C69H138N8O31/c1-69(2,3)108-68(78)72-4-10-79-16-22-87-28-30-89-32-34-91-36-38-93-40-42-95-44-46-97-48-50-99-52-54-101-56-58-103-60-62-105-64-66-107-67-65-106-63-61-104-59-57-102-55-53-100-51-49-98-47-45-96-43-41-94-39-37-92-35-33-90-31-29-88-27-21-84-15-9-77(7-13-82-19-25-85-23-17-80-11-5-73-75-70)8-14-83-20-26-86-24-18-81-12-6-74-76-71/h4-67H2,1-3H3,(H,72,78). The summed E-state index contributed by atoms with van der Waals surface area (Å²) in [4.78, 5) is 19.1. The van der Waals surface area contributed by atoms with E-state index in [1.165, 1.54) is 0 Å². The Morgan fingerprint density at radius 2 is 0.380 bits per heavy atom. The molecule has 0 heterocycles. The van der Waals surface area contributed by atoms with Crippen molar-refractivity contribution in [2.75, 3.05) is 422 Å². The average molecular weight is 1580 g/mol. The SMILES string of the molecule is CC(C)(C)OC(=O)NCCOCCOCCOCCOCCOCCOCCOCCOCCOCCOCCOCCOCCOCCOCCOCCOCCOCCOCCOCCOCCOCCOCCOCCN(CCOCCOCCOCCN=[N+]=[N-])CCOCCOCCOCCN=[N+]=[N-]. The van der Waals surface area contributed by atoms with Crippen molar-refractivity contribution in [3.63, 3.8) is 0 Å². The van der Waals surface area contributed by atoms with Crippen LogP contribution in [0, 0.1) is 0 Å². The molecule has 0 rings (SSSR count). The van der Waals surface area contributed by atoms with Crippen LogP contribution in [0.5, 0.6) is 0 Å². The van der Waals surface area contributed by atoms with Gasteiger partial charge in [0, 0.05) is 49.1 Å². The molecule has 0 atom stereocenters. The fourth-order valence-corrected chi connectivity index (χ4v) is 7.78. The van der Waals surface area contributed by atoms with E-state index >= 15 is 0 Å². The van der Waals surface area contributed by atoms with E-state index in [4.69, 9.17) is 153 Å². The maximum atomic E-state index is 11.6. The van der Waals surface area contributed by atoms with Crippen LogP contribution in [0.1, 0.15) is 20.8 Å². The molecule has 39 heteroatoms. The van der Waals surface area contributed by atoms with Crippen molar-refractivity contribution in [1.29, 1.82) is 0 Å². The van der Waals surface area contributed by atoms with Gasteiger partial charge in [0.1, 0.15) is 5.60 Å². The molecule has 0 aliphatic rings. The number of nitrogens with one attached hydrogen (secondary N) is 1. The van der Waals surface area contributed by atoms with Gasteiger partial charge in [-0.05, 0) is 31.8 Å². The Morgan fingerprint density at radius 3 is 0.528 bits per heavy atom. The van der Waals surface area contributed by atoms with Crippen LogP contribution in [-0.4, -0.2) is 439 Å². The number of hydrogen-bond acceptors (Lipinski definition) is 34. The molecule has 0 aromatic carbocycles. The third kappa shape index (κ3) is 96.9. The molecular weight excluding hydrogens is 1440 g/mol. The summed E-state index contributed by atoms with van der Waals surface area (Å²) in [7, 11) is 0. The van der Waals surface area contributed by atoms with E-state index in [1.54, 1.807) is 0 Å². The number of alkyl carbamates (subject to hydrolysis) is 1. The normalized spacial score (nSPS) is 11.7. The van der Waals surface area contributed by atoms with Gasteiger partial charge in [0.2, 0.25) is 0 Å². The molecule has 1 N–H and O–H groups in total. The largest absolute Gasteiger partial charge is 0.444 e. The monoisotopic (exact) mass is 1570 g/mol. The quantitative estimate of drug-likeness (QED) is 0.0396. The van der Waals surface area contributed by atoms with Crippen molar-refractivity contribution in [2.24, 2.45) is 10.2 Å². The van der Waals surface area contributed by atoms with Crippen LogP contribution in [0.4, 0.5) is 4.79 Å². The zero-order chi connectivity index (χ0) is 77.7. The number of carbonyl (C=O) groups excluding carboxylic acids is 1. The highest BCUT2D eigenvalue weighted by Crippen LogP contribution is 2.06. The Hall–Kier alpha value is -3.31. The highest BCUT2D eigenvalue weighted by molar-refractivity contribution is 5.67.